The van der Waals surface area contributed by atoms with Gasteiger partial charge in [-0.3, -0.25) is 4.79 Å². The molecular weight excluding hydrogens is 388 g/mol. The van der Waals surface area contributed by atoms with E-state index in [0.717, 1.165) is 12.0 Å². The van der Waals surface area contributed by atoms with Crippen LogP contribution in [0.5, 0.6) is 5.75 Å². The number of sulfonamides is 1. The topological polar surface area (TPSA) is 84.5 Å². The number of hydrogen-bond acceptors (Lipinski definition) is 4. The molecule has 1 unspecified atom stereocenters. The van der Waals surface area contributed by atoms with Crippen LogP contribution in [0.3, 0.4) is 0 Å². The molecule has 2 aromatic rings. The molecule has 0 saturated carbocycles. The van der Waals surface area contributed by atoms with Crippen molar-refractivity contribution in [2.24, 2.45) is 5.92 Å². The number of carbonyl (C=O) groups is 1. The van der Waals surface area contributed by atoms with Gasteiger partial charge in [-0.1, -0.05) is 44.2 Å². The van der Waals surface area contributed by atoms with Crippen molar-refractivity contribution in [1.82, 2.24) is 10.0 Å². The lowest BCUT2D eigenvalue weighted by Crippen LogP contribution is -2.32. The van der Waals surface area contributed by atoms with Crippen LogP contribution in [0, 0.1) is 5.92 Å². The first kappa shape index (κ1) is 22.9. The molecule has 0 radical (unpaired) electrons. The summed E-state index contributed by atoms with van der Waals surface area (Å²) >= 11 is 0. The molecule has 2 aromatic carbocycles. The third-order valence-corrected chi connectivity index (χ3v) is 6.00. The van der Waals surface area contributed by atoms with Crippen molar-refractivity contribution >= 4 is 15.9 Å². The highest BCUT2D eigenvalue weighted by molar-refractivity contribution is 7.89. The molecule has 29 heavy (non-hydrogen) atoms. The Morgan fingerprint density at radius 3 is 2.24 bits per heavy atom. The molecule has 0 aromatic heterocycles. The zero-order chi connectivity index (χ0) is 21.6. The van der Waals surface area contributed by atoms with Crippen LogP contribution in [-0.4, -0.2) is 27.5 Å². The number of hydrogen-bond donors (Lipinski definition) is 2. The van der Waals surface area contributed by atoms with Crippen LogP contribution in [-0.2, 0) is 10.0 Å². The summed E-state index contributed by atoms with van der Waals surface area (Å²) < 4.78 is 33.1. The van der Waals surface area contributed by atoms with Crippen LogP contribution in [0.2, 0.25) is 0 Å². The molecular formula is C22H30N2O4S. The Kier molecular flexibility index (Phi) is 7.81. The summed E-state index contributed by atoms with van der Waals surface area (Å²) in [6, 6.07) is 13.7. The van der Waals surface area contributed by atoms with Crippen molar-refractivity contribution in [2.75, 3.05) is 7.11 Å². The SMILES string of the molecule is COc1ccc(C(=O)NC(CC(C)C)c2ccccc2)cc1S(=O)(=O)NC(C)C. The molecule has 0 saturated heterocycles. The van der Waals surface area contributed by atoms with Gasteiger partial charge in [-0.05, 0) is 49.9 Å². The van der Waals surface area contributed by atoms with Gasteiger partial charge < -0.3 is 10.1 Å². The largest absolute Gasteiger partial charge is 0.495 e. The lowest BCUT2D eigenvalue weighted by molar-refractivity contribution is 0.0931. The van der Waals surface area contributed by atoms with Gasteiger partial charge in [-0.15, -0.1) is 0 Å². The quantitative estimate of drug-likeness (QED) is 0.647. The summed E-state index contributed by atoms with van der Waals surface area (Å²) in [4.78, 5) is 12.9. The zero-order valence-electron chi connectivity index (χ0n) is 17.6. The Labute approximate surface area is 173 Å². The Bertz CT molecular complexity index is 925. The van der Waals surface area contributed by atoms with Crippen molar-refractivity contribution in [3.8, 4) is 5.75 Å². The van der Waals surface area contributed by atoms with Gasteiger partial charge in [-0.25, -0.2) is 13.1 Å². The van der Waals surface area contributed by atoms with Crippen LogP contribution in [0.15, 0.2) is 53.4 Å². The van der Waals surface area contributed by atoms with Crippen LogP contribution in [0.25, 0.3) is 0 Å². The molecule has 0 heterocycles. The molecule has 1 atom stereocenters. The van der Waals surface area contributed by atoms with Gasteiger partial charge >= 0.3 is 0 Å². The minimum atomic E-state index is -3.81. The second-order valence-electron chi connectivity index (χ2n) is 7.71. The summed E-state index contributed by atoms with van der Waals surface area (Å²) in [5.41, 5.74) is 1.27. The number of rotatable bonds is 9. The molecule has 158 valence electrons. The predicted octanol–water partition coefficient (Wildman–Crippen LogP) is 3.90. The Morgan fingerprint density at radius 2 is 1.69 bits per heavy atom. The number of nitrogens with one attached hydrogen (secondary N) is 2. The average molecular weight is 419 g/mol. The minimum absolute atomic E-state index is 0.0542. The maximum Gasteiger partial charge on any atom is 0.251 e. The van der Waals surface area contributed by atoms with Gasteiger partial charge in [0.2, 0.25) is 10.0 Å². The monoisotopic (exact) mass is 418 g/mol. The fourth-order valence-corrected chi connectivity index (χ4v) is 4.52. The fraction of sp³-hybridized carbons (Fsp3) is 0.409. The van der Waals surface area contributed by atoms with E-state index in [9.17, 15) is 13.2 Å². The van der Waals surface area contributed by atoms with E-state index in [1.807, 2.05) is 30.3 Å². The van der Waals surface area contributed by atoms with Crippen molar-refractivity contribution in [3.63, 3.8) is 0 Å². The number of ether oxygens (including phenoxy) is 1. The van der Waals surface area contributed by atoms with Crippen molar-refractivity contribution in [1.29, 1.82) is 0 Å². The van der Waals surface area contributed by atoms with E-state index in [4.69, 9.17) is 4.74 Å². The molecule has 0 aliphatic carbocycles. The van der Waals surface area contributed by atoms with Crippen molar-refractivity contribution in [2.45, 2.75) is 51.1 Å². The minimum Gasteiger partial charge on any atom is -0.495 e. The normalized spacial score (nSPS) is 12.8. The smallest absolute Gasteiger partial charge is 0.251 e. The Morgan fingerprint density at radius 1 is 1.03 bits per heavy atom. The first-order valence-electron chi connectivity index (χ1n) is 9.70. The van der Waals surface area contributed by atoms with Crippen LogP contribution < -0.4 is 14.8 Å². The molecule has 6 nitrogen and oxygen atoms in total. The van der Waals surface area contributed by atoms with E-state index < -0.39 is 10.0 Å². The van der Waals surface area contributed by atoms with Crippen LogP contribution in [0.1, 0.15) is 56.1 Å². The number of methoxy groups -OCH3 is 1. The van der Waals surface area contributed by atoms with Gasteiger partial charge in [0, 0.05) is 11.6 Å². The summed E-state index contributed by atoms with van der Waals surface area (Å²) in [5, 5.41) is 3.04. The molecule has 0 spiro atoms. The van der Waals surface area contributed by atoms with Gasteiger partial charge in [0.05, 0.1) is 13.2 Å². The van der Waals surface area contributed by atoms with Crippen molar-refractivity contribution in [3.05, 3.63) is 59.7 Å². The standard InChI is InChI=1S/C22H30N2O4S/c1-15(2)13-19(17-9-7-6-8-10-17)23-22(25)18-11-12-20(28-5)21(14-18)29(26,27)24-16(3)4/h6-12,14-16,19,24H,13H2,1-5H3,(H,23,25). The van der Waals surface area contributed by atoms with Gasteiger partial charge in [0.15, 0.2) is 0 Å². The molecule has 0 bridgehead atoms. The van der Waals surface area contributed by atoms with E-state index >= 15 is 0 Å². The van der Waals surface area contributed by atoms with E-state index in [1.165, 1.54) is 19.2 Å². The van der Waals surface area contributed by atoms with Gasteiger partial charge in [-0.2, -0.15) is 0 Å². The van der Waals surface area contributed by atoms with Crippen molar-refractivity contribution < 1.29 is 17.9 Å². The van der Waals surface area contributed by atoms with E-state index in [-0.39, 0.29) is 34.2 Å². The highest BCUT2D eigenvalue weighted by Crippen LogP contribution is 2.26. The summed E-state index contributed by atoms with van der Waals surface area (Å²) in [6.07, 6.45) is 0.770. The van der Waals surface area contributed by atoms with Crippen LogP contribution in [0.4, 0.5) is 0 Å². The number of benzene rings is 2. The average Bonchev–Trinajstić information content (AvgIpc) is 2.66. The fourth-order valence-electron chi connectivity index (χ4n) is 3.08. The molecule has 0 fully saturated rings. The molecule has 0 aliphatic rings. The lowest BCUT2D eigenvalue weighted by atomic mass is 9.96. The summed E-state index contributed by atoms with van der Waals surface area (Å²) in [6.45, 7) is 7.66. The molecule has 0 aliphatic heterocycles. The zero-order valence-corrected chi connectivity index (χ0v) is 18.4. The summed E-state index contributed by atoms with van der Waals surface area (Å²) in [5.74, 6) is 0.238. The Hall–Kier alpha value is -2.38. The molecule has 2 N–H and O–H groups in total. The first-order valence-corrected chi connectivity index (χ1v) is 11.2. The lowest BCUT2D eigenvalue weighted by Gasteiger charge is -2.21. The maximum absolute atomic E-state index is 12.9. The summed E-state index contributed by atoms with van der Waals surface area (Å²) in [7, 11) is -2.41. The highest BCUT2D eigenvalue weighted by atomic mass is 32.2. The third kappa shape index (κ3) is 6.30. The second kappa shape index (κ2) is 9.89. The molecule has 2 rings (SSSR count). The third-order valence-electron chi connectivity index (χ3n) is 4.32. The highest BCUT2D eigenvalue weighted by Gasteiger charge is 2.24. The second-order valence-corrected chi connectivity index (χ2v) is 9.39. The van der Waals surface area contributed by atoms with E-state index in [0.29, 0.717) is 5.92 Å². The van der Waals surface area contributed by atoms with Gasteiger partial charge in [0.25, 0.3) is 5.91 Å². The number of amides is 1. The molecule has 1 amide bonds. The van der Waals surface area contributed by atoms with Gasteiger partial charge in [0.1, 0.15) is 10.6 Å². The predicted molar refractivity (Wildman–Crippen MR) is 115 cm³/mol. The van der Waals surface area contributed by atoms with E-state index in [2.05, 4.69) is 23.9 Å². The molecule has 7 heteroatoms. The maximum atomic E-state index is 12.9. The van der Waals surface area contributed by atoms with E-state index in [1.54, 1.807) is 19.9 Å². The van der Waals surface area contributed by atoms with Crippen LogP contribution >= 0.6 is 0 Å². The first-order chi connectivity index (χ1) is 13.6. The number of carbonyl (C=O) groups excluding carboxylic acids is 1. The Balaban J connectivity index is 2.35.